The zero-order chi connectivity index (χ0) is 15.9. The van der Waals surface area contributed by atoms with Crippen molar-refractivity contribution in [1.82, 2.24) is 10.2 Å². The van der Waals surface area contributed by atoms with E-state index in [9.17, 15) is 4.79 Å². The number of nitrogens with one attached hydrogen (secondary N) is 1. The van der Waals surface area contributed by atoms with Gasteiger partial charge in [-0.2, -0.15) is 0 Å². The molecule has 1 amide bonds. The summed E-state index contributed by atoms with van der Waals surface area (Å²) < 4.78 is 6.57. The maximum absolute atomic E-state index is 12.1. The molecule has 21 heavy (non-hydrogen) atoms. The molecule has 120 valence electrons. The Kier molecular flexibility index (Phi) is 7.70. The second kappa shape index (κ2) is 8.76. The number of thiophene rings is 1. The number of halogens is 1. The molecule has 0 aliphatic heterocycles. The third-order valence-corrected chi connectivity index (χ3v) is 4.21. The van der Waals surface area contributed by atoms with E-state index < -0.39 is 5.60 Å². The molecule has 6 heteroatoms. The topological polar surface area (TPSA) is 41.6 Å². The fraction of sp³-hybridized carbons (Fsp3) is 0.667. The van der Waals surface area contributed by atoms with E-state index in [4.69, 9.17) is 4.74 Å². The average molecular weight is 377 g/mol. The van der Waals surface area contributed by atoms with Gasteiger partial charge in [0.1, 0.15) is 5.60 Å². The minimum Gasteiger partial charge on any atom is -0.444 e. The summed E-state index contributed by atoms with van der Waals surface area (Å²) >= 11 is 5.13. The number of ether oxygens (including phenoxy) is 1. The molecule has 0 spiro atoms. The van der Waals surface area contributed by atoms with Crippen LogP contribution >= 0.6 is 27.3 Å². The Hall–Kier alpha value is -0.590. The highest BCUT2D eigenvalue weighted by atomic mass is 79.9. The molecule has 0 aliphatic carbocycles. The van der Waals surface area contributed by atoms with Crippen molar-refractivity contribution >= 4 is 33.4 Å². The van der Waals surface area contributed by atoms with Crippen molar-refractivity contribution in [3.05, 3.63) is 20.8 Å². The average Bonchev–Trinajstić information content (AvgIpc) is 2.77. The molecule has 0 unspecified atom stereocenters. The first kappa shape index (κ1) is 18.5. The lowest BCUT2D eigenvalue weighted by atomic mass is 10.2. The molecule has 0 aliphatic rings. The van der Waals surface area contributed by atoms with Crippen molar-refractivity contribution in [3.63, 3.8) is 0 Å². The van der Waals surface area contributed by atoms with Gasteiger partial charge in [-0.25, -0.2) is 4.79 Å². The van der Waals surface area contributed by atoms with Gasteiger partial charge in [-0.3, -0.25) is 0 Å². The van der Waals surface area contributed by atoms with Gasteiger partial charge in [0.25, 0.3) is 0 Å². The largest absolute Gasteiger partial charge is 0.444 e. The molecule has 0 saturated carbocycles. The highest BCUT2D eigenvalue weighted by Gasteiger charge is 2.21. The van der Waals surface area contributed by atoms with Gasteiger partial charge < -0.3 is 15.0 Å². The Labute approximate surface area is 140 Å². The summed E-state index contributed by atoms with van der Waals surface area (Å²) in [4.78, 5) is 13.9. The van der Waals surface area contributed by atoms with Gasteiger partial charge in [0.2, 0.25) is 0 Å². The van der Waals surface area contributed by atoms with Crippen LogP contribution in [0.25, 0.3) is 0 Å². The molecule has 0 bridgehead atoms. The number of carbonyl (C=O) groups excluding carboxylic acids is 1. The highest BCUT2D eigenvalue weighted by Crippen LogP contribution is 2.20. The van der Waals surface area contributed by atoms with Gasteiger partial charge in [-0.05, 0) is 60.1 Å². The zero-order valence-electron chi connectivity index (χ0n) is 13.2. The number of nitrogens with zero attached hydrogens (tertiary/aromatic N) is 1. The Morgan fingerprint density at radius 3 is 2.67 bits per heavy atom. The fourth-order valence-corrected chi connectivity index (χ4v) is 2.99. The fourth-order valence-electron chi connectivity index (χ4n) is 1.78. The Bertz CT molecular complexity index is 443. The second-order valence-corrected chi connectivity index (χ2v) is 8.19. The van der Waals surface area contributed by atoms with Crippen LogP contribution in [0.4, 0.5) is 4.79 Å². The van der Waals surface area contributed by atoms with E-state index in [-0.39, 0.29) is 6.09 Å². The SMILES string of the molecule is CCCN(CCNCc1csc(Br)c1)C(=O)OC(C)(C)C. The number of amides is 1. The van der Waals surface area contributed by atoms with E-state index in [2.05, 4.69) is 39.6 Å². The molecular weight excluding hydrogens is 352 g/mol. The van der Waals surface area contributed by atoms with E-state index in [1.807, 2.05) is 20.8 Å². The van der Waals surface area contributed by atoms with E-state index in [1.165, 1.54) is 5.56 Å². The second-order valence-electron chi connectivity index (χ2n) is 5.90. The van der Waals surface area contributed by atoms with Crippen LogP contribution in [0.3, 0.4) is 0 Å². The van der Waals surface area contributed by atoms with E-state index >= 15 is 0 Å². The van der Waals surface area contributed by atoms with Gasteiger partial charge in [0.15, 0.2) is 0 Å². The van der Waals surface area contributed by atoms with E-state index in [0.717, 1.165) is 29.8 Å². The molecule has 1 aromatic heterocycles. The normalized spacial score (nSPS) is 11.5. The molecule has 1 aromatic rings. The Morgan fingerprint density at radius 2 is 2.14 bits per heavy atom. The van der Waals surface area contributed by atoms with Crippen LogP contribution in [-0.2, 0) is 11.3 Å². The number of carbonyl (C=O) groups is 1. The van der Waals surface area contributed by atoms with Crippen LogP contribution in [0.15, 0.2) is 15.2 Å². The first-order valence-corrected chi connectivity index (χ1v) is 8.90. The standard InChI is InChI=1S/C15H25BrN2O2S/c1-5-7-18(14(19)20-15(2,3)4)8-6-17-10-12-9-13(16)21-11-12/h9,11,17H,5-8,10H2,1-4H3. The molecule has 0 fully saturated rings. The molecule has 1 rings (SSSR count). The lowest BCUT2D eigenvalue weighted by molar-refractivity contribution is 0.0252. The van der Waals surface area contributed by atoms with E-state index in [1.54, 1.807) is 16.2 Å². The highest BCUT2D eigenvalue weighted by molar-refractivity contribution is 9.11. The minimum atomic E-state index is -0.445. The first-order valence-electron chi connectivity index (χ1n) is 7.23. The van der Waals surface area contributed by atoms with Crippen LogP contribution in [-0.4, -0.2) is 36.2 Å². The molecule has 4 nitrogen and oxygen atoms in total. The van der Waals surface area contributed by atoms with Gasteiger partial charge in [0.05, 0.1) is 3.79 Å². The molecule has 1 heterocycles. The molecule has 0 saturated heterocycles. The Morgan fingerprint density at radius 1 is 1.43 bits per heavy atom. The van der Waals surface area contributed by atoms with Crippen LogP contribution in [0.1, 0.15) is 39.7 Å². The third kappa shape index (κ3) is 7.83. The van der Waals surface area contributed by atoms with Crippen molar-refractivity contribution < 1.29 is 9.53 Å². The molecule has 0 atom stereocenters. The predicted octanol–water partition coefficient (Wildman–Crippen LogP) is 4.25. The maximum atomic E-state index is 12.1. The number of hydrogen-bond acceptors (Lipinski definition) is 4. The smallest absolute Gasteiger partial charge is 0.410 e. The maximum Gasteiger partial charge on any atom is 0.410 e. The minimum absolute atomic E-state index is 0.232. The van der Waals surface area contributed by atoms with Crippen LogP contribution in [0.5, 0.6) is 0 Å². The lowest BCUT2D eigenvalue weighted by Crippen LogP contribution is -2.40. The number of rotatable bonds is 7. The molecule has 0 radical (unpaired) electrons. The van der Waals surface area contributed by atoms with Crippen LogP contribution in [0.2, 0.25) is 0 Å². The quantitative estimate of drug-likeness (QED) is 0.723. The summed E-state index contributed by atoms with van der Waals surface area (Å²) in [5, 5.41) is 5.48. The first-order chi connectivity index (χ1) is 9.81. The summed E-state index contributed by atoms with van der Waals surface area (Å²) in [5.74, 6) is 0. The van der Waals surface area contributed by atoms with Crippen LogP contribution in [0, 0.1) is 0 Å². The number of hydrogen-bond donors (Lipinski definition) is 1. The van der Waals surface area contributed by atoms with Gasteiger partial charge >= 0.3 is 6.09 Å². The van der Waals surface area contributed by atoms with Crippen molar-refractivity contribution in [2.24, 2.45) is 0 Å². The van der Waals surface area contributed by atoms with Crippen molar-refractivity contribution in [2.75, 3.05) is 19.6 Å². The molecular formula is C15H25BrN2O2S. The van der Waals surface area contributed by atoms with Gasteiger partial charge in [-0.1, -0.05) is 6.92 Å². The van der Waals surface area contributed by atoms with Gasteiger partial charge in [-0.15, -0.1) is 11.3 Å². The summed E-state index contributed by atoms with van der Waals surface area (Å²) in [7, 11) is 0. The van der Waals surface area contributed by atoms with Crippen molar-refractivity contribution in [1.29, 1.82) is 0 Å². The zero-order valence-corrected chi connectivity index (χ0v) is 15.6. The summed E-state index contributed by atoms with van der Waals surface area (Å²) in [6, 6.07) is 2.11. The Balaban J connectivity index is 2.35. The summed E-state index contributed by atoms with van der Waals surface area (Å²) in [6.45, 7) is 10.7. The van der Waals surface area contributed by atoms with Crippen LogP contribution < -0.4 is 5.32 Å². The third-order valence-electron chi connectivity index (χ3n) is 2.65. The van der Waals surface area contributed by atoms with Crippen molar-refractivity contribution in [2.45, 2.75) is 46.3 Å². The van der Waals surface area contributed by atoms with Crippen molar-refractivity contribution in [3.8, 4) is 0 Å². The van der Waals surface area contributed by atoms with E-state index in [0.29, 0.717) is 6.54 Å². The lowest BCUT2D eigenvalue weighted by Gasteiger charge is -2.27. The molecule has 1 N–H and O–H groups in total. The summed E-state index contributed by atoms with van der Waals surface area (Å²) in [6.07, 6.45) is 0.695. The molecule has 0 aromatic carbocycles. The monoisotopic (exact) mass is 376 g/mol. The predicted molar refractivity (Wildman–Crippen MR) is 91.8 cm³/mol. The summed E-state index contributed by atoms with van der Waals surface area (Å²) in [5.41, 5.74) is 0.811. The van der Waals surface area contributed by atoms with Gasteiger partial charge in [0, 0.05) is 26.2 Å².